The highest BCUT2D eigenvalue weighted by Crippen LogP contribution is 2.36. The van der Waals surface area contributed by atoms with Crippen molar-refractivity contribution in [3.8, 4) is 27.8 Å². The van der Waals surface area contributed by atoms with Gasteiger partial charge in [-0.3, -0.25) is 9.59 Å². The summed E-state index contributed by atoms with van der Waals surface area (Å²) in [6.45, 7) is 0.464. The van der Waals surface area contributed by atoms with Crippen molar-refractivity contribution in [1.29, 1.82) is 0 Å². The molecule has 154 valence electrons. The van der Waals surface area contributed by atoms with Crippen LogP contribution in [0.4, 0.5) is 5.69 Å². The van der Waals surface area contributed by atoms with Gasteiger partial charge in [0.25, 0.3) is 5.91 Å². The number of amides is 1. The standard InChI is InChI=1S/C22H20N2O5S/c1-27-16-6-3-14(4-7-16)21-23-17-9-10-24(22(26)20(17)30-21)15-5-8-18(29-12-11-25)19(13-15)28-2/h3-8,11,13H,9-10,12H2,1-2H3. The molecule has 2 heterocycles. The highest BCUT2D eigenvalue weighted by atomic mass is 32.1. The number of aromatic nitrogens is 1. The molecule has 7 nitrogen and oxygen atoms in total. The van der Waals surface area contributed by atoms with Crippen LogP contribution in [0.1, 0.15) is 15.4 Å². The van der Waals surface area contributed by atoms with Gasteiger partial charge in [-0.1, -0.05) is 0 Å². The lowest BCUT2D eigenvalue weighted by molar-refractivity contribution is -0.109. The van der Waals surface area contributed by atoms with Crippen LogP contribution in [0.15, 0.2) is 42.5 Å². The molecule has 8 heteroatoms. The fourth-order valence-electron chi connectivity index (χ4n) is 3.30. The zero-order chi connectivity index (χ0) is 21.1. The van der Waals surface area contributed by atoms with E-state index in [1.807, 2.05) is 24.3 Å². The molecular formula is C22H20N2O5S. The molecule has 0 N–H and O–H groups in total. The van der Waals surface area contributed by atoms with Gasteiger partial charge in [0.1, 0.15) is 22.2 Å². The van der Waals surface area contributed by atoms with E-state index in [1.165, 1.54) is 18.4 Å². The molecule has 0 saturated heterocycles. The monoisotopic (exact) mass is 424 g/mol. The maximum absolute atomic E-state index is 13.2. The fourth-order valence-corrected chi connectivity index (χ4v) is 4.37. The predicted octanol–water partition coefficient (Wildman–Crippen LogP) is 3.61. The van der Waals surface area contributed by atoms with Gasteiger partial charge in [-0.05, 0) is 36.4 Å². The molecule has 0 saturated carbocycles. The maximum Gasteiger partial charge on any atom is 0.270 e. The molecule has 0 radical (unpaired) electrons. The minimum atomic E-state index is -0.0860. The van der Waals surface area contributed by atoms with Gasteiger partial charge in [-0.25, -0.2) is 4.98 Å². The first-order chi connectivity index (χ1) is 14.6. The van der Waals surface area contributed by atoms with Gasteiger partial charge in [0, 0.05) is 30.3 Å². The third kappa shape index (κ3) is 3.73. The molecule has 4 rings (SSSR count). The Labute approximate surface area is 177 Å². The van der Waals surface area contributed by atoms with Crippen LogP contribution in [0.2, 0.25) is 0 Å². The van der Waals surface area contributed by atoms with Crippen LogP contribution in [0, 0.1) is 0 Å². The molecular weight excluding hydrogens is 404 g/mol. The number of fused-ring (bicyclic) bond motifs is 1. The van der Waals surface area contributed by atoms with Gasteiger partial charge in [-0.15, -0.1) is 11.3 Å². The van der Waals surface area contributed by atoms with Gasteiger partial charge >= 0.3 is 0 Å². The molecule has 0 atom stereocenters. The lowest BCUT2D eigenvalue weighted by atomic mass is 10.1. The van der Waals surface area contributed by atoms with Crippen molar-refractivity contribution in [3.63, 3.8) is 0 Å². The Morgan fingerprint density at radius 3 is 2.60 bits per heavy atom. The molecule has 30 heavy (non-hydrogen) atoms. The van der Waals surface area contributed by atoms with Crippen molar-refractivity contribution in [3.05, 3.63) is 53.0 Å². The topological polar surface area (TPSA) is 78.0 Å². The second-order valence-corrected chi connectivity index (χ2v) is 7.54. The Balaban J connectivity index is 1.60. The van der Waals surface area contributed by atoms with E-state index < -0.39 is 0 Å². The number of aldehydes is 1. The molecule has 1 aliphatic rings. The summed E-state index contributed by atoms with van der Waals surface area (Å²) in [7, 11) is 3.15. The Bertz CT molecular complexity index is 1080. The van der Waals surface area contributed by atoms with Crippen LogP contribution in [-0.4, -0.2) is 44.5 Å². The quantitative estimate of drug-likeness (QED) is 0.539. The first-order valence-corrected chi connectivity index (χ1v) is 10.2. The van der Waals surface area contributed by atoms with Crippen molar-refractivity contribution in [2.24, 2.45) is 0 Å². The van der Waals surface area contributed by atoms with E-state index in [-0.39, 0.29) is 12.5 Å². The average molecular weight is 424 g/mol. The summed E-state index contributed by atoms with van der Waals surface area (Å²) in [6, 6.07) is 12.9. The van der Waals surface area contributed by atoms with Gasteiger partial charge < -0.3 is 19.1 Å². The number of rotatable bonds is 7. The van der Waals surface area contributed by atoms with Gasteiger partial charge in [-0.2, -0.15) is 0 Å². The normalized spacial score (nSPS) is 13.0. The summed E-state index contributed by atoms with van der Waals surface area (Å²) in [6.07, 6.45) is 1.34. The van der Waals surface area contributed by atoms with E-state index in [9.17, 15) is 9.59 Å². The van der Waals surface area contributed by atoms with Gasteiger partial charge in [0.2, 0.25) is 0 Å². The number of methoxy groups -OCH3 is 2. The minimum absolute atomic E-state index is 0.0588. The third-order valence-electron chi connectivity index (χ3n) is 4.81. The highest BCUT2D eigenvalue weighted by Gasteiger charge is 2.30. The lowest BCUT2D eigenvalue weighted by Crippen LogP contribution is -2.36. The molecule has 3 aromatic rings. The smallest absolute Gasteiger partial charge is 0.270 e. The summed E-state index contributed by atoms with van der Waals surface area (Å²) < 4.78 is 15.9. The molecule has 0 fully saturated rings. The summed E-state index contributed by atoms with van der Waals surface area (Å²) in [4.78, 5) is 30.8. The van der Waals surface area contributed by atoms with E-state index in [0.29, 0.717) is 41.3 Å². The Morgan fingerprint density at radius 2 is 1.90 bits per heavy atom. The van der Waals surface area contributed by atoms with Crippen LogP contribution in [0.5, 0.6) is 17.2 Å². The molecule has 1 aromatic heterocycles. The molecule has 0 spiro atoms. The Morgan fingerprint density at radius 1 is 1.10 bits per heavy atom. The number of hydrogen-bond acceptors (Lipinski definition) is 7. The SMILES string of the molecule is COc1ccc(-c2nc3c(s2)C(=O)N(c2ccc(OCC=O)c(OC)c2)CC3)cc1. The van der Waals surface area contributed by atoms with Crippen LogP contribution >= 0.6 is 11.3 Å². The van der Waals surface area contributed by atoms with E-state index >= 15 is 0 Å². The van der Waals surface area contributed by atoms with Crippen molar-refractivity contribution < 1.29 is 23.8 Å². The van der Waals surface area contributed by atoms with Crippen LogP contribution in [0.25, 0.3) is 10.6 Å². The van der Waals surface area contributed by atoms with Crippen molar-refractivity contribution in [2.45, 2.75) is 6.42 Å². The molecule has 1 aliphatic heterocycles. The number of hydrogen-bond donors (Lipinski definition) is 0. The first-order valence-electron chi connectivity index (χ1n) is 9.35. The van der Waals surface area contributed by atoms with Crippen LogP contribution in [0.3, 0.4) is 0 Å². The lowest BCUT2D eigenvalue weighted by Gasteiger charge is -2.26. The largest absolute Gasteiger partial charge is 0.497 e. The number of nitrogens with zero attached hydrogens (tertiary/aromatic N) is 2. The average Bonchev–Trinajstić information content (AvgIpc) is 3.23. The van der Waals surface area contributed by atoms with Crippen molar-refractivity contribution >= 4 is 29.2 Å². The minimum Gasteiger partial charge on any atom is -0.497 e. The van der Waals surface area contributed by atoms with E-state index in [4.69, 9.17) is 14.2 Å². The van der Waals surface area contributed by atoms with Crippen molar-refractivity contribution in [2.75, 3.05) is 32.3 Å². The number of benzene rings is 2. The Kier molecular flexibility index (Phi) is 5.67. The van der Waals surface area contributed by atoms with Crippen LogP contribution < -0.4 is 19.1 Å². The zero-order valence-corrected chi connectivity index (χ0v) is 17.4. The molecule has 0 unspecified atom stereocenters. The van der Waals surface area contributed by atoms with E-state index in [2.05, 4.69) is 4.98 Å². The molecule has 1 amide bonds. The third-order valence-corrected chi connectivity index (χ3v) is 5.95. The second kappa shape index (κ2) is 8.54. The van der Waals surface area contributed by atoms with Crippen molar-refractivity contribution in [1.82, 2.24) is 4.98 Å². The van der Waals surface area contributed by atoms with E-state index in [0.717, 1.165) is 22.0 Å². The Hall–Kier alpha value is -3.39. The predicted molar refractivity (Wildman–Crippen MR) is 114 cm³/mol. The number of thiazole rings is 1. The highest BCUT2D eigenvalue weighted by molar-refractivity contribution is 7.17. The molecule has 0 aliphatic carbocycles. The fraction of sp³-hybridized carbons (Fsp3) is 0.227. The maximum atomic E-state index is 13.2. The number of carbonyl (C=O) groups is 2. The number of carbonyl (C=O) groups excluding carboxylic acids is 2. The number of anilines is 1. The molecule has 0 bridgehead atoms. The summed E-state index contributed by atoms with van der Waals surface area (Å²) >= 11 is 1.39. The van der Waals surface area contributed by atoms with E-state index in [1.54, 1.807) is 30.2 Å². The summed E-state index contributed by atoms with van der Waals surface area (Å²) in [5, 5.41) is 0.813. The summed E-state index contributed by atoms with van der Waals surface area (Å²) in [5.74, 6) is 1.61. The molecule has 2 aromatic carbocycles. The number of ether oxygens (including phenoxy) is 3. The first kappa shape index (κ1) is 19.9. The van der Waals surface area contributed by atoms with Gasteiger partial charge in [0.15, 0.2) is 17.8 Å². The zero-order valence-electron chi connectivity index (χ0n) is 16.6. The second-order valence-electron chi connectivity index (χ2n) is 6.54. The van der Waals surface area contributed by atoms with Crippen LogP contribution in [-0.2, 0) is 11.2 Å². The summed E-state index contributed by atoms with van der Waals surface area (Å²) in [5.41, 5.74) is 2.48. The van der Waals surface area contributed by atoms with Gasteiger partial charge in [0.05, 0.1) is 19.9 Å².